The summed E-state index contributed by atoms with van der Waals surface area (Å²) in [5, 5.41) is 5.86. The number of ether oxygens (including phenoxy) is 1. The van der Waals surface area contributed by atoms with Gasteiger partial charge in [-0.3, -0.25) is 4.79 Å². The number of carbonyl (C=O) groups excluding carboxylic acids is 1. The Morgan fingerprint density at radius 1 is 0.926 bits per heavy atom. The molecule has 146 valence electrons. The Morgan fingerprint density at radius 3 is 2.00 bits per heavy atom. The van der Waals surface area contributed by atoms with Gasteiger partial charge in [-0.05, 0) is 69.3 Å². The van der Waals surface area contributed by atoms with Gasteiger partial charge in [0.15, 0.2) is 0 Å². The first-order valence-electron chi connectivity index (χ1n) is 8.55. The van der Waals surface area contributed by atoms with Crippen molar-refractivity contribution in [2.45, 2.75) is 37.8 Å². The molecule has 0 heterocycles. The second-order valence-electron chi connectivity index (χ2n) is 6.38. The topological polar surface area (TPSA) is 96.5 Å². The van der Waals surface area contributed by atoms with Crippen LogP contribution in [0.3, 0.4) is 0 Å². The van der Waals surface area contributed by atoms with E-state index in [1.165, 1.54) is 12.1 Å². The molecule has 2 aromatic rings. The second-order valence-corrected chi connectivity index (χ2v) is 8.10. The second kappa shape index (κ2) is 8.88. The molecule has 8 heteroatoms. The highest BCUT2D eigenvalue weighted by atomic mass is 32.2. The number of carbonyl (C=O) groups is 1. The number of anilines is 2. The van der Waals surface area contributed by atoms with Crippen LogP contribution in [-0.4, -0.2) is 33.5 Å². The van der Waals surface area contributed by atoms with Crippen LogP contribution in [-0.2, 0) is 14.8 Å². The Balaban J connectivity index is 1.98. The van der Waals surface area contributed by atoms with Crippen molar-refractivity contribution in [3.05, 3.63) is 48.5 Å². The summed E-state index contributed by atoms with van der Waals surface area (Å²) in [7, 11) is -1.96. The van der Waals surface area contributed by atoms with Crippen molar-refractivity contribution in [1.29, 1.82) is 0 Å². The molecule has 0 spiro atoms. The maximum absolute atomic E-state index is 12.3. The summed E-state index contributed by atoms with van der Waals surface area (Å²) in [6.07, 6.45) is 0. The van der Waals surface area contributed by atoms with Crippen LogP contribution in [0, 0.1) is 0 Å². The molecule has 0 aromatic heterocycles. The summed E-state index contributed by atoms with van der Waals surface area (Å²) >= 11 is 0. The van der Waals surface area contributed by atoms with Gasteiger partial charge < -0.3 is 15.4 Å². The van der Waals surface area contributed by atoms with Crippen molar-refractivity contribution >= 4 is 27.3 Å². The van der Waals surface area contributed by atoms with E-state index in [1.54, 1.807) is 52.1 Å². The first kappa shape index (κ1) is 20.7. The summed E-state index contributed by atoms with van der Waals surface area (Å²) in [6.45, 7) is 5.25. The molecular formula is C19H25N3O4S. The van der Waals surface area contributed by atoms with Gasteiger partial charge in [-0.15, -0.1) is 0 Å². The largest absolute Gasteiger partial charge is 0.497 e. The van der Waals surface area contributed by atoms with Crippen molar-refractivity contribution in [1.82, 2.24) is 4.72 Å². The van der Waals surface area contributed by atoms with E-state index in [0.717, 1.165) is 11.4 Å². The van der Waals surface area contributed by atoms with Gasteiger partial charge in [0, 0.05) is 17.4 Å². The molecule has 2 rings (SSSR count). The number of sulfonamides is 1. The molecule has 0 bridgehead atoms. The van der Waals surface area contributed by atoms with Gasteiger partial charge in [0.25, 0.3) is 0 Å². The number of amides is 1. The third-order valence-corrected chi connectivity index (χ3v) is 5.36. The zero-order valence-electron chi connectivity index (χ0n) is 15.8. The monoisotopic (exact) mass is 391 g/mol. The van der Waals surface area contributed by atoms with E-state index in [2.05, 4.69) is 15.4 Å². The van der Waals surface area contributed by atoms with E-state index in [0.29, 0.717) is 5.69 Å². The molecule has 7 nitrogen and oxygen atoms in total. The smallest absolute Gasteiger partial charge is 0.246 e. The Morgan fingerprint density at radius 2 is 1.48 bits per heavy atom. The van der Waals surface area contributed by atoms with Gasteiger partial charge in [0.05, 0.1) is 12.0 Å². The summed E-state index contributed by atoms with van der Waals surface area (Å²) in [5.74, 6) is 0.501. The predicted octanol–water partition coefficient (Wildman–Crippen LogP) is 2.82. The third kappa shape index (κ3) is 5.97. The quantitative estimate of drug-likeness (QED) is 0.643. The molecule has 2 aromatic carbocycles. The number of hydrogen-bond donors (Lipinski definition) is 3. The maximum Gasteiger partial charge on any atom is 0.246 e. The minimum Gasteiger partial charge on any atom is -0.497 e. The van der Waals surface area contributed by atoms with E-state index in [9.17, 15) is 13.2 Å². The summed E-state index contributed by atoms with van der Waals surface area (Å²) in [4.78, 5) is 12.5. The third-order valence-electron chi connectivity index (χ3n) is 3.69. The van der Waals surface area contributed by atoms with Gasteiger partial charge >= 0.3 is 0 Å². The van der Waals surface area contributed by atoms with Crippen molar-refractivity contribution in [3.8, 4) is 5.75 Å². The van der Waals surface area contributed by atoms with E-state index < -0.39 is 16.1 Å². The minimum absolute atomic E-state index is 0.151. The molecule has 0 radical (unpaired) electrons. The standard InChI is InChI=1S/C19H25N3O4S/c1-13(2)22-27(24,25)18-11-7-16(8-12-18)21-19(23)14(3)20-15-5-9-17(26-4)10-6-15/h5-14,20,22H,1-4H3,(H,21,23)/t14-/m1/s1. The van der Waals surface area contributed by atoms with Crippen LogP contribution in [0.4, 0.5) is 11.4 Å². The fraction of sp³-hybridized carbons (Fsp3) is 0.316. The fourth-order valence-electron chi connectivity index (χ4n) is 2.35. The van der Waals surface area contributed by atoms with E-state index in [1.807, 2.05) is 12.1 Å². The van der Waals surface area contributed by atoms with Gasteiger partial charge in [0.2, 0.25) is 15.9 Å². The van der Waals surface area contributed by atoms with E-state index in [4.69, 9.17) is 4.74 Å². The Labute approximate surface area is 160 Å². The molecule has 0 aliphatic carbocycles. The van der Waals surface area contributed by atoms with Gasteiger partial charge in [0.1, 0.15) is 11.8 Å². The lowest BCUT2D eigenvalue weighted by Crippen LogP contribution is -2.32. The molecule has 0 aliphatic heterocycles. The molecule has 0 saturated heterocycles. The summed E-state index contributed by atoms with van der Waals surface area (Å²) in [5.41, 5.74) is 1.31. The molecule has 0 fully saturated rings. The maximum atomic E-state index is 12.3. The van der Waals surface area contributed by atoms with Crippen molar-refractivity contribution in [2.75, 3.05) is 17.7 Å². The normalized spacial score (nSPS) is 12.5. The average Bonchev–Trinajstić information content (AvgIpc) is 2.61. The van der Waals surface area contributed by atoms with Crippen LogP contribution in [0.15, 0.2) is 53.4 Å². The molecule has 3 N–H and O–H groups in total. The molecule has 0 unspecified atom stereocenters. The molecule has 0 aliphatic rings. The Hall–Kier alpha value is -2.58. The molecule has 1 amide bonds. The number of rotatable bonds is 8. The first-order chi connectivity index (χ1) is 12.7. The van der Waals surface area contributed by atoms with Crippen molar-refractivity contribution in [3.63, 3.8) is 0 Å². The van der Waals surface area contributed by atoms with Crippen LogP contribution < -0.4 is 20.1 Å². The van der Waals surface area contributed by atoms with Crippen LogP contribution >= 0.6 is 0 Å². The van der Waals surface area contributed by atoms with Gasteiger partial charge in [-0.25, -0.2) is 13.1 Å². The van der Waals surface area contributed by atoms with Crippen LogP contribution in [0.1, 0.15) is 20.8 Å². The SMILES string of the molecule is COc1ccc(N[C@H](C)C(=O)Nc2ccc(S(=O)(=O)NC(C)C)cc2)cc1. The van der Waals surface area contributed by atoms with Crippen LogP contribution in [0.25, 0.3) is 0 Å². The molecule has 0 saturated carbocycles. The predicted molar refractivity (Wildman–Crippen MR) is 107 cm³/mol. The van der Waals surface area contributed by atoms with Crippen LogP contribution in [0.5, 0.6) is 5.75 Å². The van der Waals surface area contributed by atoms with Gasteiger partial charge in [-0.2, -0.15) is 0 Å². The number of nitrogens with one attached hydrogen (secondary N) is 3. The lowest BCUT2D eigenvalue weighted by Gasteiger charge is -2.16. The Bertz CT molecular complexity index is 863. The molecule has 1 atom stereocenters. The fourth-order valence-corrected chi connectivity index (χ4v) is 3.60. The lowest BCUT2D eigenvalue weighted by atomic mass is 10.2. The number of hydrogen-bond acceptors (Lipinski definition) is 5. The molecule has 27 heavy (non-hydrogen) atoms. The lowest BCUT2D eigenvalue weighted by molar-refractivity contribution is -0.116. The summed E-state index contributed by atoms with van der Waals surface area (Å²) in [6, 6.07) is 12.6. The highest BCUT2D eigenvalue weighted by Gasteiger charge is 2.16. The first-order valence-corrected chi connectivity index (χ1v) is 10.0. The van der Waals surface area contributed by atoms with Crippen molar-refractivity contribution in [2.24, 2.45) is 0 Å². The Kier molecular flexibility index (Phi) is 6.81. The zero-order valence-corrected chi connectivity index (χ0v) is 16.6. The average molecular weight is 391 g/mol. The van der Waals surface area contributed by atoms with Crippen molar-refractivity contribution < 1.29 is 17.9 Å². The minimum atomic E-state index is -3.55. The van der Waals surface area contributed by atoms with Gasteiger partial charge in [-0.1, -0.05) is 0 Å². The summed E-state index contributed by atoms with van der Waals surface area (Å²) < 4.78 is 31.8. The molecular weight excluding hydrogens is 366 g/mol. The zero-order chi connectivity index (χ0) is 20.0. The number of methoxy groups -OCH3 is 1. The highest BCUT2D eigenvalue weighted by molar-refractivity contribution is 7.89. The highest BCUT2D eigenvalue weighted by Crippen LogP contribution is 2.17. The van der Waals surface area contributed by atoms with E-state index in [-0.39, 0.29) is 16.8 Å². The van der Waals surface area contributed by atoms with E-state index >= 15 is 0 Å². The van der Waals surface area contributed by atoms with Crippen LogP contribution in [0.2, 0.25) is 0 Å². The number of benzene rings is 2.